The summed E-state index contributed by atoms with van der Waals surface area (Å²) >= 11 is 0. The van der Waals surface area contributed by atoms with Gasteiger partial charge in [0.2, 0.25) is 0 Å². The van der Waals surface area contributed by atoms with Gasteiger partial charge in [-0.3, -0.25) is 4.90 Å². The molecule has 0 amide bonds. The number of nitrogens with one attached hydrogen (secondary N) is 1. The molecule has 21 heavy (non-hydrogen) atoms. The predicted octanol–water partition coefficient (Wildman–Crippen LogP) is 3.11. The van der Waals surface area contributed by atoms with E-state index < -0.39 is 11.6 Å². The van der Waals surface area contributed by atoms with Crippen molar-refractivity contribution in [1.29, 1.82) is 0 Å². The smallest absolute Gasteiger partial charge is 0.172 e. The monoisotopic (exact) mass is 298 g/mol. The third-order valence-corrected chi connectivity index (χ3v) is 4.07. The summed E-state index contributed by atoms with van der Waals surface area (Å²) in [6.07, 6.45) is 2.72. The van der Waals surface area contributed by atoms with Crippen molar-refractivity contribution < 1.29 is 13.5 Å². The van der Waals surface area contributed by atoms with Gasteiger partial charge in [-0.25, -0.2) is 8.78 Å². The van der Waals surface area contributed by atoms with Crippen molar-refractivity contribution in [2.75, 3.05) is 33.3 Å². The maximum atomic E-state index is 14.6. The van der Waals surface area contributed by atoms with Gasteiger partial charge >= 0.3 is 0 Å². The normalized spacial score (nSPS) is 17.7. The fraction of sp³-hybridized carbons (Fsp3) is 0.625. The predicted molar refractivity (Wildman–Crippen MR) is 79.6 cm³/mol. The van der Waals surface area contributed by atoms with E-state index in [0.29, 0.717) is 0 Å². The lowest BCUT2D eigenvalue weighted by atomic mass is 9.97. The van der Waals surface area contributed by atoms with Crippen molar-refractivity contribution in [3.8, 4) is 5.75 Å². The highest BCUT2D eigenvalue weighted by Gasteiger charge is 2.28. The lowest BCUT2D eigenvalue weighted by molar-refractivity contribution is 0.156. The Kier molecular flexibility index (Phi) is 5.94. The van der Waals surface area contributed by atoms with Crippen LogP contribution in [0.25, 0.3) is 0 Å². The molecule has 0 saturated carbocycles. The van der Waals surface area contributed by atoms with E-state index in [4.69, 9.17) is 4.74 Å². The second-order valence-electron chi connectivity index (χ2n) is 5.42. The third kappa shape index (κ3) is 3.71. The standard InChI is InChI=1S/C16H24F2N2O/c1-3-4-5-13(20-10-8-19-9-11-20)15-12(17)6-7-14(21-2)16(15)18/h6-7,13,19H,3-5,8-11H2,1-2H3/t13-/m0/s1. The fourth-order valence-electron chi connectivity index (χ4n) is 2.91. The molecule has 2 rings (SSSR count). The Balaban J connectivity index is 2.35. The minimum atomic E-state index is -0.558. The van der Waals surface area contributed by atoms with Crippen LogP contribution in [0.2, 0.25) is 0 Å². The molecule has 1 aromatic carbocycles. The number of piperazine rings is 1. The number of rotatable bonds is 6. The Labute approximate surface area is 125 Å². The van der Waals surface area contributed by atoms with Gasteiger partial charge in [0.1, 0.15) is 5.82 Å². The van der Waals surface area contributed by atoms with E-state index in [-0.39, 0.29) is 17.4 Å². The highest BCUT2D eigenvalue weighted by atomic mass is 19.1. The Morgan fingerprint density at radius 1 is 1.29 bits per heavy atom. The van der Waals surface area contributed by atoms with E-state index in [2.05, 4.69) is 17.1 Å². The van der Waals surface area contributed by atoms with Crippen molar-refractivity contribution in [1.82, 2.24) is 10.2 Å². The number of methoxy groups -OCH3 is 1. The van der Waals surface area contributed by atoms with Crippen LogP contribution in [0.3, 0.4) is 0 Å². The van der Waals surface area contributed by atoms with Gasteiger partial charge in [0.05, 0.1) is 7.11 Å². The van der Waals surface area contributed by atoms with E-state index in [1.165, 1.54) is 19.2 Å². The molecule has 5 heteroatoms. The summed E-state index contributed by atoms with van der Waals surface area (Å²) in [5, 5.41) is 3.28. The average Bonchev–Trinajstić information content (AvgIpc) is 2.51. The molecule has 118 valence electrons. The first-order chi connectivity index (χ1) is 10.2. The molecule has 0 bridgehead atoms. The van der Waals surface area contributed by atoms with Gasteiger partial charge in [-0.15, -0.1) is 0 Å². The topological polar surface area (TPSA) is 24.5 Å². The molecule has 1 aliphatic heterocycles. The lowest BCUT2D eigenvalue weighted by Crippen LogP contribution is -2.45. The zero-order valence-electron chi connectivity index (χ0n) is 12.8. The minimum Gasteiger partial charge on any atom is -0.494 e. The molecule has 1 fully saturated rings. The van der Waals surface area contributed by atoms with E-state index in [0.717, 1.165) is 45.4 Å². The van der Waals surface area contributed by atoms with E-state index in [1.807, 2.05) is 0 Å². The molecule has 1 aromatic rings. The molecule has 0 spiro atoms. The van der Waals surface area contributed by atoms with Crippen LogP contribution in [-0.2, 0) is 0 Å². The van der Waals surface area contributed by atoms with Crippen LogP contribution in [-0.4, -0.2) is 38.2 Å². The Hall–Kier alpha value is -1.20. The zero-order chi connectivity index (χ0) is 15.2. The summed E-state index contributed by atoms with van der Waals surface area (Å²) in [6.45, 7) is 5.42. The van der Waals surface area contributed by atoms with Crippen LogP contribution in [0, 0.1) is 11.6 Å². The third-order valence-electron chi connectivity index (χ3n) is 4.07. The first-order valence-corrected chi connectivity index (χ1v) is 7.65. The summed E-state index contributed by atoms with van der Waals surface area (Å²) in [5.74, 6) is -0.923. The summed E-state index contributed by atoms with van der Waals surface area (Å²) in [4.78, 5) is 2.17. The van der Waals surface area contributed by atoms with E-state index in [1.54, 1.807) is 0 Å². The Morgan fingerprint density at radius 3 is 2.62 bits per heavy atom. The molecule has 0 radical (unpaired) electrons. The second kappa shape index (κ2) is 7.71. The molecular weight excluding hydrogens is 274 g/mol. The average molecular weight is 298 g/mol. The zero-order valence-corrected chi connectivity index (χ0v) is 12.8. The van der Waals surface area contributed by atoms with E-state index >= 15 is 0 Å². The largest absolute Gasteiger partial charge is 0.494 e. The number of ether oxygens (including phenoxy) is 1. The molecular formula is C16H24F2N2O. The van der Waals surface area contributed by atoms with E-state index in [9.17, 15) is 8.78 Å². The second-order valence-corrected chi connectivity index (χ2v) is 5.42. The van der Waals surface area contributed by atoms with Crippen molar-refractivity contribution in [2.24, 2.45) is 0 Å². The SMILES string of the molecule is CCCC[C@@H](c1c(F)ccc(OC)c1F)N1CCNCC1. The molecule has 0 unspecified atom stereocenters. The van der Waals surface area contributed by atoms with Gasteiger partial charge in [0.15, 0.2) is 11.6 Å². The Bertz CT molecular complexity index is 462. The quantitative estimate of drug-likeness (QED) is 0.873. The van der Waals surface area contributed by atoms with Gasteiger partial charge in [-0.05, 0) is 18.6 Å². The molecule has 0 aromatic heterocycles. The Morgan fingerprint density at radius 2 is 2.00 bits per heavy atom. The molecule has 0 aliphatic carbocycles. The number of nitrogens with zero attached hydrogens (tertiary/aromatic N) is 1. The van der Waals surface area contributed by atoms with Crippen molar-refractivity contribution in [3.63, 3.8) is 0 Å². The first kappa shape index (κ1) is 16.2. The molecule has 1 saturated heterocycles. The number of hydrogen-bond donors (Lipinski definition) is 1. The van der Waals surface area contributed by atoms with Crippen LogP contribution in [0.4, 0.5) is 8.78 Å². The summed E-state index contributed by atoms with van der Waals surface area (Å²) in [6, 6.07) is 2.43. The molecule has 1 atom stereocenters. The van der Waals surface area contributed by atoms with Crippen LogP contribution >= 0.6 is 0 Å². The molecule has 1 N–H and O–H groups in total. The van der Waals surface area contributed by atoms with Crippen molar-refractivity contribution in [3.05, 3.63) is 29.3 Å². The number of benzene rings is 1. The van der Waals surface area contributed by atoms with Crippen LogP contribution in [0.15, 0.2) is 12.1 Å². The number of unbranched alkanes of at least 4 members (excludes halogenated alkanes) is 1. The fourth-order valence-corrected chi connectivity index (χ4v) is 2.91. The van der Waals surface area contributed by atoms with Crippen molar-refractivity contribution in [2.45, 2.75) is 32.2 Å². The van der Waals surface area contributed by atoms with Gasteiger partial charge in [-0.1, -0.05) is 19.8 Å². The number of halogens is 2. The van der Waals surface area contributed by atoms with Gasteiger partial charge in [0.25, 0.3) is 0 Å². The van der Waals surface area contributed by atoms with Crippen LogP contribution < -0.4 is 10.1 Å². The summed E-state index contributed by atoms with van der Waals surface area (Å²) < 4.78 is 33.8. The maximum Gasteiger partial charge on any atom is 0.172 e. The molecule has 3 nitrogen and oxygen atoms in total. The summed E-state index contributed by atoms with van der Waals surface area (Å²) in [7, 11) is 1.41. The highest BCUT2D eigenvalue weighted by molar-refractivity contribution is 5.34. The molecule has 1 aliphatic rings. The number of hydrogen-bond acceptors (Lipinski definition) is 3. The van der Waals surface area contributed by atoms with Crippen LogP contribution in [0.5, 0.6) is 5.75 Å². The van der Waals surface area contributed by atoms with Gasteiger partial charge < -0.3 is 10.1 Å². The van der Waals surface area contributed by atoms with Crippen molar-refractivity contribution >= 4 is 0 Å². The maximum absolute atomic E-state index is 14.6. The van der Waals surface area contributed by atoms with Crippen LogP contribution in [0.1, 0.15) is 37.8 Å². The molecule has 1 heterocycles. The lowest BCUT2D eigenvalue weighted by Gasteiger charge is -2.35. The minimum absolute atomic E-state index is 0.114. The first-order valence-electron chi connectivity index (χ1n) is 7.65. The summed E-state index contributed by atoms with van der Waals surface area (Å²) in [5.41, 5.74) is 0.157. The van der Waals surface area contributed by atoms with Gasteiger partial charge in [0, 0.05) is 37.8 Å². The van der Waals surface area contributed by atoms with Gasteiger partial charge in [-0.2, -0.15) is 0 Å². The highest BCUT2D eigenvalue weighted by Crippen LogP contribution is 2.34.